The van der Waals surface area contributed by atoms with E-state index in [2.05, 4.69) is 26.0 Å². The van der Waals surface area contributed by atoms with Gasteiger partial charge in [-0.1, -0.05) is 26.0 Å². The Balaban J connectivity index is 0.000000167. The van der Waals surface area contributed by atoms with Crippen LogP contribution < -0.4 is 0 Å². The maximum atomic E-state index is 4.80. The third kappa shape index (κ3) is 5.99. The molecule has 1 heteroatoms. The number of ether oxygens (including phenoxy) is 1. The Morgan fingerprint density at radius 1 is 1.13 bits per heavy atom. The van der Waals surface area contributed by atoms with Crippen molar-refractivity contribution in [1.82, 2.24) is 0 Å². The second-order valence-corrected chi connectivity index (χ2v) is 5.23. The van der Waals surface area contributed by atoms with Gasteiger partial charge in [-0.15, -0.1) is 0 Å². The molecule has 88 valence electrons. The van der Waals surface area contributed by atoms with Crippen molar-refractivity contribution in [2.45, 2.75) is 46.0 Å². The second-order valence-electron chi connectivity index (χ2n) is 5.23. The highest BCUT2D eigenvalue weighted by Crippen LogP contribution is 2.46. The third-order valence-corrected chi connectivity index (χ3v) is 3.14. The zero-order chi connectivity index (χ0) is 11.1. The quantitative estimate of drug-likeness (QED) is 0.625. The minimum Gasteiger partial charge on any atom is -0.384 e. The van der Waals surface area contributed by atoms with Gasteiger partial charge in [0.05, 0.1) is 0 Å². The van der Waals surface area contributed by atoms with Gasteiger partial charge in [-0.25, -0.2) is 0 Å². The van der Waals surface area contributed by atoms with Crippen molar-refractivity contribution in [2.24, 2.45) is 17.8 Å². The molecule has 2 aliphatic rings. The fourth-order valence-electron chi connectivity index (χ4n) is 2.21. The molecule has 1 fully saturated rings. The Kier molecular flexibility index (Phi) is 6.00. The molecule has 0 amide bonds. The van der Waals surface area contributed by atoms with E-state index >= 15 is 0 Å². The fourth-order valence-corrected chi connectivity index (χ4v) is 2.21. The molecule has 15 heavy (non-hydrogen) atoms. The molecule has 0 spiro atoms. The van der Waals surface area contributed by atoms with E-state index in [9.17, 15) is 0 Å². The van der Waals surface area contributed by atoms with E-state index in [1.54, 1.807) is 13.5 Å². The first-order chi connectivity index (χ1) is 7.24. The summed E-state index contributed by atoms with van der Waals surface area (Å²) in [6.07, 6.45) is 11.9. The molecule has 0 heterocycles. The van der Waals surface area contributed by atoms with Crippen LogP contribution in [-0.2, 0) is 4.74 Å². The van der Waals surface area contributed by atoms with Gasteiger partial charge in [0.1, 0.15) is 0 Å². The Hall–Kier alpha value is -0.300. The van der Waals surface area contributed by atoms with Gasteiger partial charge in [0, 0.05) is 13.7 Å². The molecule has 1 nitrogen and oxygen atoms in total. The highest BCUT2D eigenvalue weighted by atomic mass is 16.5. The summed E-state index contributed by atoms with van der Waals surface area (Å²) >= 11 is 0. The Morgan fingerprint density at radius 2 is 1.67 bits per heavy atom. The molecule has 0 aromatic carbocycles. The maximum Gasteiger partial charge on any atom is 0.0485 e. The molecule has 2 aliphatic carbocycles. The summed E-state index contributed by atoms with van der Waals surface area (Å²) in [5.41, 5.74) is 0. The lowest BCUT2D eigenvalue weighted by Crippen LogP contribution is -1.96. The molecule has 0 aromatic rings. The molecule has 0 N–H and O–H groups in total. The Morgan fingerprint density at radius 3 is 2.00 bits per heavy atom. The van der Waals surface area contributed by atoms with E-state index in [0.717, 1.165) is 18.4 Å². The number of methoxy groups -OCH3 is 1. The topological polar surface area (TPSA) is 9.23 Å². The van der Waals surface area contributed by atoms with E-state index in [1.807, 2.05) is 0 Å². The van der Waals surface area contributed by atoms with Gasteiger partial charge in [-0.2, -0.15) is 0 Å². The average Bonchev–Trinajstić information content (AvgIpc) is 2.83. The zero-order valence-electron chi connectivity index (χ0n) is 10.5. The largest absolute Gasteiger partial charge is 0.384 e. The molecule has 2 unspecified atom stereocenters. The van der Waals surface area contributed by atoms with Gasteiger partial charge in [0.25, 0.3) is 0 Å². The first kappa shape index (κ1) is 12.8. The molecular formula is C14H26O. The minimum absolute atomic E-state index is 0.676. The molecular weight excluding hydrogens is 184 g/mol. The number of rotatable bonds is 2. The minimum atomic E-state index is 0.676. The Labute approximate surface area is 94.9 Å². The van der Waals surface area contributed by atoms with Gasteiger partial charge < -0.3 is 4.74 Å². The number of fused-ring (bicyclic) bond motifs is 1. The smallest absolute Gasteiger partial charge is 0.0485 e. The molecule has 0 bridgehead atoms. The maximum absolute atomic E-state index is 4.80. The monoisotopic (exact) mass is 210 g/mol. The van der Waals surface area contributed by atoms with Crippen LogP contribution in [0.15, 0.2) is 12.2 Å². The second kappa shape index (κ2) is 7.05. The molecule has 1 saturated carbocycles. The molecule has 2 atom stereocenters. The van der Waals surface area contributed by atoms with Gasteiger partial charge >= 0.3 is 0 Å². The summed E-state index contributed by atoms with van der Waals surface area (Å²) in [5.74, 6) is 2.94. The highest BCUT2D eigenvalue weighted by molar-refractivity contribution is 4.94. The van der Waals surface area contributed by atoms with Crippen LogP contribution in [0.25, 0.3) is 0 Å². The van der Waals surface area contributed by atoms with Crippen LogP contribution in [0.5, 0.6) is 0 Å². The van der Waals surface area contributed by atoms with Crippen molar-refractivity contribution in [2.75, 3.05) is 13.7 Å². The summed E-state index contributed by atoms with van der Waals surface area (Å²) in [6.45, 7) is 5.13. The van der Waals surface area contributed by atoms with Gasteiger partial charge in [0.15, 0.2) is 0 Å². The number of allylic oxidation sites excluding steroid dienone is 2. The summed E-state index contributed by atoms with van der Waals surface area (Å²) in [4.78, 5) is 0. The van der Waals surface area contributed by atoms with Crippen LogP contribution in [0.2, 0.25) is 0 Å². The molecule has 0 radical (unpaired) electrons. The molecule has 0 aromatic heterocycles. The lowest BCUT2D eigenvalue weighted by Gasteiger charge is -1.99. The first-order valence-corrected chi connectivity index (χ1v) is 6.38. The summed E-state index contributed by atoms with van der Waals surface area (Å²) in [5, 5.41) is 0. The van der Waals surface area contributed by atoms with Gasteiger partial charge in [-0.3, -0.25) is 0 Å². The third-order valence-electron chi connectivity index (χ3n) is 3.14. The predicted octanol–water partition coefficient (Wildman–Crippen LogP) is 4.04. The van der Waals surface area contributed by atoms with E-state index in [1.165, 1.54) is 25.7 Å². The summed E-state index contributed by atoms with van der Waals surface area (Å²) < 4.78 is 4.80. The number of hydrogen-bond donors (Lipinski definition) is 0. The molecule has 0 aliphatic heterocycles. The molecule has 0 saturated heterocycles. The lowest BCUT2D eigenvalue weighted by atomic mass is 10.1. The van der Waals surface area contributed by atoms with Crippen molar-refractivity contribution in [3.05, 3.63) is 12.2 Å². The summed E-state index contributed by atoms with van der Waals surface area (Å²) in [7, 11) is 1.72. The standard InChI is InChI=1S/C9H14.C5H12O/c1-2-4-6-9-7-8(9)5-3-1;1-5(2)4-6-3/h1-2,8-9H,3-7H2;5H,4H2,1-3H3. The van der Waals surface area contributed by atoms with E-state index < -0.39 is 0 Å². The van der Waals surface area contributed by atoms with Gasteiger partial charge in [-0.05, 0) is 49.9 Å². The van der Waals surface area contributed by atoms with Crippen molar-refractivity contribution in [3.63, 3.8) is 0 Å². The van der Waals surface area contributed by atoms with Gasteiger partial charge in [0.2, 0.25) is 0 Å². The van der Waals surface area contributed by atoms with Crippen molar-refractivity contribution >= 4 is 0 Å². The van der Waals surface area contributed by atoms with Crippen LogP contribution in [-0.4, -0.2) is 13.7 Å². The Bertz CT molecular complexity index is 170. The zero-order valence-corrected chi connectivity index (χ0v) is 10.5. The van der Waals surface area contributed by atoms with Crippen LogP contribution in [0, 0.1) is 17.8 Å². The highest BCUT2D eigenvalue weighted by Gasteiger charge is 2.35. The van der Waals surface area contributed by atoms with Crippen molar-refractivity contribution in [1.29, 1.82) is 0 Å². The SMILES string of the molecule is C1=CCCC2CC2CC1.COCC(C)C. The van der Waals surface area contributed by atoms with Crippen LogP contribution in [0.3, 0.4) is 0 Å². The number of hydrogen-bond acceptors (Lipinski definition) is 1. The van der Waals surface area contributed by atoms with Crippen molar-refractivity contribution < 1.29 is 4.74 Å². The first-order valence-electron chi connectivity index (χ1n) is 6.38. The normalized spacial score (nSPS) is 28.5. The van der Waals surface area contributed by atoms with E-state index in [-0.39, 0.29) is 0 Å². The van der Waals surface area contributed by atoms with E-state index in [0.29, 0.717) is 5.92 Å². The van der Waals surface area contributed by atoms with Crippen LogP contribution in [0.1, 0.15) is 46.0 Å². The predicted molar refractivity (Wildman–Crippen MR) is 65.9 cm³/mol. The fraction of sp³-hybridized carbons (Fsp3) is 0.857. The van der Waals surface area contributed by atoms with Crippen LogP contribution >= 0.6 is 0 Å². The lowest BCUT2D eigenvalue weighted by molar-refractivity contribution is 0.167. The average molecular weight is 210 g/mol. The summed E-state index contributed by atoms with van der Waals surface area (Å²) in [6, 6.07) is 0. The molecule has 2 rings (SSSR count). The van der Waals surface area contributed by atoms with Crippen molar-refractivity contribution in [3.8, 4) is 0 Å². The van der Waals surface area contributed by atoms with Crippen LogP contribution in [0.4, 0.5) is 0 Å². The van der Waals surface area contributed by atoms with E-state index in [4.69, 9.17) is 4.74 Å².